The summed E-state index contributed by atoms with van der Waals surface area (Å²) >= 11 is 3.23. The van der Waals surface area contributed by atoms with Crippen molar-refractivity contribution in [2.24, 2.45) is 5.41 Å². The SMILES string of the molecule is C[C@@]12CCC(C(=O)CBr)(CO1)C2. The van der Waals surface area contributed by atoms with Gasteiger partial charge in [-0.05, 0) is 26.2 Å². The molecule has 0 aromatic rings. The zero-order valence-electron chi connectivity index (χ0n) is 7.23. The van der Waals surface area contributed by atoms with Gasteiger partial charge in [0, 0.05) is 0 Å². The smallest absolute Gasteiger partial charge is 0.151 e. The zero-order chi connectivity index (χ0) is 8.82. The molecule has 1 saturated carbocycles. The molecular formula is C9H13BrO2. The number of hydrogen-bond acceptors (Lipinski definition) is 2. The van der Waals surface area contributed by atoms with Crippen LogP contribution in [0, 0.1) is 5.41 Å². The number of Topliss-reactive ketones (excluding diaryl/α,β-unsaturated/α-hetero) is 1. The number of fused-ring (bicyclic) bond motifs is 2. The van der Waals surface area contributed by atoms with Crippen LogP contribution < -0.4 is 0 Å². The normalized spacial score (nSPS) is 45.2. The molecule has 2 atom stereocenters. The van der Waals surface area contributed by atoms with Gasteiger partial charge in [-0.25, -0.2) is 0 Å². The average molecular weight is 233 g/mol. The van der Waals surface area contributed by atoms with E-state index in [-0.39, 0.29) is 11.0 Å². The number of halogens is 1. The first-order valence-corrected chi connectivity index (χ1v) is 5.46. The van der Waals surface area contributed by atoms with Gasteiger partial charge in [0.25, 0.3) is 0 Å². The van der Waals surface area contributed by atoms with Gasteiger partial charge >= 0.3 is 0 Å². The second-order valence-corrected chi connectivity index (χ2v) is 4.81. The Hall–Kier alpha value is 0.110. The number of carbonyl (C=O) groups excluding carboxylic acids is 1. The summed E-state index contributed by atoms with van der Waals surface area (Å²) in [5.74, 6) is 0.323. The highest BCUT2D eigenvalue weighted by Crippen LogP contribution is 2.53. The third kappa shape index (κ3) is 1.06. The van der Waals surface area contributed by atoms with Crippen LogP contribution in [-0.2, 0) is 9.53 Å². The third-order valence-electron chi connectivity index (χ3n) is 3.25. The standard InChI is InChI=1S/C9H13BrO2/c1-8-2-3-9(5-8,6-12-8)7(11)4-10/h2-6H2,1H3/t8-,9?/m0/s1. The lowest BCUT2D eigenvalue weighted by Gasteiger charge is -2.24. The lowest BCUT2D eigenvalue weighted by Crippen LogP contribution is -2.31. The Morgan fingerprint density at radius 2 is 2.33 bits per heavy atom. The van der Waals surface area contributed by atoms with Gasteiger partial charge < -0.3 is 4.74 Å². The molecule has 2 rings (SSSR count). The van der Waals surface area contributed by atoms with E-state index in [2.05, 4.69) is 22.9 Å². The molecule has 0 spiro atoms. The number of carbonyl (C=O) groups is 1. The number of alkyl halides is 1. The fourth-order valence-electron chi connectivity index (χ4n) is 2.42. The van der Waals surface area contributed by atoms with Gasteiger partial charge in [0.1, 0.15) is 0 Å². The highest BCUT2D eigenvalue weighted by molar-refractivity contribution is 9.09. The lowest BCUT2D eigenvalue weighted by atomic mass is 9.84. The van der Waals surface area contributed by atoms with Gasteiger partial charge in [-0.15, -0.1) is 0 Å². The summed E-state index contributed by atoms with van der Waals surface area (Å²) in [7, 11) is 0. The first kappa shape index (κ1) is 8.70. The summed E-state index contributed by atoms with van der Waals surface area (Å²) < 4.78 is 5.62. The van der Waals surface area contributed by atoms with Crippen LogP contribution in [0.3, 0.4) is 0 Å². The fourth-order valence-corrected chi connectivity index (χ4v) is 3.01. The van der Waals surface area contributed by atoms with E-state index in [0.717, 1.165) is 19.3 Å². The van der Waals surface area contributed by atoms with Gasteiger partial charge in [0.15, 0.2) is 5.78 Å². The summed E-state index contributed by atoms with van der Waals surface area (Å²) in [4.78, 5) is 11.6. The predicted molar refractivity (Wildman–Crippen MR) is 49.4 cm³/mol. The monoisotopic (exact) mass is 232 g/mol. The van der Waals surface area contributed by atoms with Crippen LogP contribution in [0.15, 0.2) is 0 Å². The minimum Gasteiger partial charge on any atom is -0.374 e. The van der Waals surface area contributed by atoms with E-state index in [1.54, 1.807) is 0 Å². The Labute approximate surface area is 80.8 Å². The van der Waals surface area contributed by atoms with Gasteiger partial charge in [0.05, 0.1) is 23.0 Å². The van der Waals surface area contributed by atoms with Crippen molar-refractivity contribution < 1.29 is 9.53 Å². The predicted octanol–water partition coefficient (Wildman–Crippen LogP) is 1.91. The van der Waals surface area contributed by atoms with Gasteiger partial charge in [-0.3, -0.25) is 4.79 Å². The summed E-state index contributed by atoms with van der Waals surface area (Å²) in [5.41, 5.74) is -0.115. The molecule has 2 nitrogen and oxygen atoms in total. The average Bonchev–Trinajstić information content (AvgIpc) is 2.57. The van der Waals surface area contributed by atoms with E-state index in [9.17, 15) is 4.79 Å². The Bertz CT molecular complexity index is 217. The van der Waals surface area contributed by atoms with Crippen LogP contribution in [0.5, 0.6) is 0 Å². The molecule has 0 radical (unpaired) electrons. The molecule has 1 aliphatic heterocycles. The third-order valence-corrected chi connectivity index (χ3v) is 3.76. The Morgan fingerprint density at radius 1 is 1.58 bits per heavy atom. The minimum atomic E-state index is -0.127. The molecule has 2 aliphatic rings. The summed E-state index contributed by atoms with van der Waals surface area (Å²) in [6.07, 6.45) is 3.00. The lowest BCUT2D eigenvalue weighted by molar-refractivity contribution is -0.127. The van der Waals surface area contributed by atoms with Crippen LogP contribution in [0.4, 0.5) is 0 Å². The first-order chi connectivity index (χ1) is 5.60. The van der Waals surface area contributed by atoms with Crippen LogP contribution in [0.1, 0.15) is 26.2 Å². The highest BCUT2D eigenvalue weighted by atomic mass is 79.9. The number of hydrogen-bond donors (Lipinski definition) is 0. The van der Waals surface area contributed by atoms with Crippen molar-refractivity contribution in [2.45, 2.75) is 31.8 Å². The maximum Gasteiger partial charge on any atom is 0.151 e. The fraction of sp³-hybridized carbons (Fsp3) is 0.889. The highest BCUT2D eigenvalue weighted by Gasteiger charge is 2.56. The number of rotatable bonds is 2. The van der Waals surface area contributed by atoms with Crippen LogP contribution in [-0.4, -0.2) is 23.3 Å². The molecule has 1 unspecified atom stereocenters. The van der Waals surface area contributed by atoms with E-state index in [0.29, 0.717) is 17.7 Å². The van der Waals surface area contributed by atoms with Crippen molar-refractivity contribution in [3.05, 3.63) is 0 Å². The molecule has 2 fully saturated rings. The molecule has 12 heavy (non-hydrogen) atoms. The minimum absolute atomic E-state index is 0.0117. The van der Waals surface area contributed by atoms with Gasteiger partial charge in [0.2, 0.25) is 0 Å². The molecular weight excluding hydrogens is 220 g/mol. The van der Waals surface area contributed by atoms with Crippen molar-refractivity contribution in [1.82, 2.24) is 0 Å². The van der Waals surface area contributed by atoms with E-state index >= 15 is 0 Å². The molecule has 0 amide bonds. The molecule has 3 heteroatoms. The Balaban J connectivity index is 2.20. The Kier molecular flexibility index (Phi) is 1.85. The zero-order valence-corrected chi connectivity index (χ0v) is 8.82. The van der Waals surface area contributed by atoms with Crippen molar-refractivity contribution in [3.8, 4) is 0 Å². The van der Waals surface area contributed by atoms with Crippen molar-refractivity contribution in [2.75, 3.05) is 11.9 Å². The van der Waals surface area contributed by atoms with Gasteiger partial charge in [-0.2, -0.15) is 0 Å². The van der Waals surface area contributed by atoms with E-state index < -0.39 is 0 Å². The van der Waals surface area contributed by atoms with Crippen LogP contribution in [0.25, 0.3) is 0 Å². The molecule has 68 valence electrons. The largest absolute Gasteiger partial charge is 0.374 e. The summed E-state index contributed by atoms with van der Waals surface area (Å²) in [6.45, 7) is 2.76. The molecule has 1 saturated heterocycles. The van der Waals surface area contributed by atoms with E-state index in [1.807, 2.05) is 0 Å². The summed E-state index contributed by atoms with van der Waals surface area (Å²) in [6, 6.07) is 0. The second kappa shape index (κ2) is 2.55. The van der Waals surface area contributed by atoms with Crippen molar-refractivity contribution in [1.29, 1.82) is 0 Å². The first-order valence-electron chi connectivity index (χ1n) is 4.34. The van der Waals surface area contributed by atoms with Crippen molar-refractivity contribution >= 4 is 21.7 Å². The summed E-state index contributed by atoms with van der Waals surface area (Å²) in [5, 5.41) is 0.479. The molecule has 0 N–H and O–H groups in total. The van der Waals surface area contributed by atoms with E-state index in [1.165, 1.54) is 0 Å². The second-order valence-electron chi connectivity index (χ2n) is 4.25. The molecule has 1 heterocycles. The number of ketones is 1. The quantitative estimate of drug-likeness (QED) is 0.681. The van der Waals surface area contributed by atoms with Gasteiger partial charge in [-0.1, -0.05) is 15.9 Å². The molecule has 1 aliphatic carbocycles. The van der Waals surface area contributed by atoms with Crippen LogP contribution in [0.2, 0.25) is 0 Å². The molecule has 0 aromatic carbocycles. The maximum absolute atomic E-state index is 11.6. The van der Waals surface area contributed by atoms with E-state index in [4.69, 9.17) is 4.74 Å². The topological polar surface area (TPSA) is 26.3 Å². The van der Waals surface area contributed by atoms with Crippen LogP contribution >= 0.6 is 15.9 Å². The maximum atomic E-state index is 11.6. The number of ether oxygens (including phenoxy) is 1. The molecule has 2 bridgehead atoms. The van der Waals surface area contributed by atoms with Crippen molar-refractivity contribution in [3.63, 3.8) is 0 Å². The Morgan fingerprint density at radius 3 is 2.67 bits per heavy atom. The molecule has 0 aromatic heterocycles.